The molecule has 0 spiro atoms. The molecule has 0 atom stereocenters. The van der Waals surface area contributed by atoms with Gasteiger partial charge in [-0.15, -0.1) is 0 Å². The lowest BCUT2D eigenvalue weighted by molar-refractivity contribution is 0.0949. The molecule has 0 saturated heterocycles. The fourth-order valence-corrected chi connectivity index (χ4v) is 2.32. The van der Waals surface area contributed by atoms with E-state index in [0.29, 0.717) is 18.1 Å². The molecule has 5 nitrogen and oxygen atoms in total. The molecule has 0 fully saturated rings. The summed E-state index contributed by atoms with van der Waals surface area (Å²) in [6.45, 7) is 0.513. The van der Waals surface area contributed by atoms with Gasteiger partial charge in [0.15, 0.2) is 0 Å². The van der Waals surface area contributed by atoms with Gasteiger partial charge in [-0.05, 0) is 30.2 Å². The van der Waals surface area contributed by atoms with Crippen molar-refractivity contribution in [1.29, 1.82) is 0 Å². The third-order valence-electron chi connectivity index (χ3n) is 3.54. The second-order valence-electron chi connectivity index (χ2n) is 5.42. The van der Waals surface area contributed by atoms with Crippen LogP contribution < -0.4 is 10.6 Å². The molecule has 1 aromatic heterocycles. The zero-order valence-electron chi connectivity index (χ0n) is 13.4. The third-order valence-corrected chi connectivity index (χ3v) is 3.54. The molecule has 0 aliphatic heterocycles. The molecule has 126 valence electrons. The molecule has 3 aromatic rings. The Morgan fingerprint density at radius 1 is 1.00 bits per heavy atom. The van der Waals surface area contributed by atoms with Crippen LogP contribution in [0.5, 0.6) is 0 Å². The molecule has 2 aromatic carbocycles. The van der Waals surface area contributed by atoms with E-state index in [9.17, 15) is 9.18 Å². The van der Waals surface area contributed by atoms with Gasteiger partial charge in [0.1, 0.15) is 23.7 Å². The number of benzene rings is 2. The zero-order chi connectivity index (χ0) is 17.5. The summed E-state index contributed by atoms with van der Waals surface area (Å²) >= 11 is 0. The van der Waals surface area contributed by atoms with Crippen molar-refractivity contribution in [2.24, 2.45) is 0 Å². The zero-order valence-corrected chi connectivity index (χ0v) is 13.4. The van der Waals surface area contributed by atoms with Gasteiger partial charge in [0, 0.05) is 18.3 Å². The maximum Gasteiger partial charge on any atom is 0.270 e. The number of aromatic nitrogens is 2. The number of anilines is 2. The van der Waals surface area contributed by atoms with Crippen molar-refractivity contribution in [1.82, 2.24) is 15.3 Å². The lowest BCUT2D eigenvalue weighted by Gasteiger charge is -2.08. The number of amides is 1. The summed E-state index contributed by atoms with van der Waals surface area (Å²) < 4.78 is 13.2. The summed E-state index contributed by atoms with van der Waals surface area (Å²) in [5.41, 5.74) is 1.95. The minimum Gasteiger partial charge on any atom is -0.350 e. The number of rotatable bonds is 6. The Kier molecular flexibility index (Phi) is 5.31. The van der Waals surface area contributed by atoms with Gasteiger partial charge in [0.2, 0.25) is 0 Å². The molecular formula is C19H17FN4O. The minimum atomic E-state index is -0.349. The number of carbonyl (C=O) groups is 1. The van der Waals surface area contributed by atoms with E-state index in [4.69, 9.17) is 0 Å². The van der Waals surface area contributed by atoms with Crippen LogP contribution in [0.2, 0.25) is 0 Å². The van der Waals surface area contributed by atoms with E-state index < -0.39 is 0 Å². The lowest BCUT2D eigenvalue weighted by atomic mass is 10.1. The monoisotopic (exact) mass is 336 g/mol. The quantitative estimate of drug-likeness (QED) is 0.724. The van der Waals surface area contributed by atoms with Crippen molar-refractivity contribution in [3.8, 4) is 0 Å². The standard InChI is InChI=1S/C19H17FN4O/c20-15-7-4-8-16(11-15)24-18-12-17(22-13-23-18)19(25)21-10-9-14-5-2-1-3-6-14/h1-8,11-13H,9-10H2,(H,21,25)(H,22,23,24). The van der Waals surface area contributed by atoms with Gasteiger partial charge in [-0.3, -0.25) is 4.79 Å². The number of hydrogen-bond acceptors (Lipinski definition) is 4. The second kappa shape index (κ2) is 8.01. The average molecular weight is 336 g/mol. The summed E-state index contributed by atoms with van der Waals surface area (Å²) in [7, 11) is 0. The predicted octanol–water partition coefficient (Wildman–Crippen LogP) is 3.33. The van der Waals surface area contributed by atoms with Crippen LogP contribution in [-0.4, -0.2) is 22.4 Å². The van der Waals surface area contributed by atoms with E-state index in [1.165, 1.54) is 24.5 Å². The lowest BCUT2D eigenvalue weighted by Crippen LogP contribution is -2.26. The van der Waals surface area contributed by atoms with Crippen molar-refractivity contribution < 1.29 is 9.18 Å². The van der Waals surface area contributed by atoms with Crippen LogP contribution in [0, 0.1) is 5.82 Å². The number of nitrogens with one attached hydrogen (secondary N) is 2. The predicted molar refractivity (Wildman–Crippen MR) is 94.2 cm³/mol. The van der Waals surface area contributed by atoms with Crippen LogP contribution in [0.1, 0.15) is 16.1 Å². The van der Waals surface area contributed by atoms with E-state index in [0.717, 1.165) is 12.0 Å². The van der Waals surface area contributed by atoms with Crippen molar-refractivity contribution in [3.63, 3.8) is 0 Å². The van der Waals surface area contributed by atoms with Crippen LogP contribution >= 0.6 is 0 Å². The summed E-state index contributed by atoms with van der Waals surface area (Å²) in [6, 6.07) is 17.5. The highest BCUT2D eigenvalue weighted by Gasteiger charge is 2.08. The molecule has 0 bridgehead atoms. The molecule has 25 heavy (non-hydrogen) atoms. The Morgan fingerprint density at radius 2 is 1.84 bits per heavy atom. The molecule has 0 aliphatic carbocycles. The summed E-state index contributed by atoms with van der Waals surface area (Å²) in [6.07, 6.45) is 2.04. The SMILES string of the molecule is O=C(NCCc1ccccc1)c1cc(Nc2cccc(F)c2)ncn1. The van der Waals surface area contributed by atoms with Crippen molar-refractivity contribution in [2.45, 2.75) is 6.42 Å². The van der Waals surface area contributed by atoms with Crippen molar-refractivity contribution >= 4 is 17.4 Å². The Balaban J connectivity index is 1.59. The molecule has 0 saturated carbocycles. The fourth-order valence-electron chi connectivity index (χ4n) is 2.32. The normalized spacial score (nSPS) is 10.3. The summed E-state index contributed by atoms with van der Waals surface area (Å²) in [4.78, 5) is 20.2. The summed E-state index contributed by atoms with van der Waals surface area (Å²) in [5.74, 6) is -0.202. The maximum absolute atomic E-state index is 13.2. The van der Waals surface area contributed by atoms with E-state index in [1.807, 2.05) is 30.3 Å². The van der Waals surface area contributed by atoms with E-state index in [1.54, 1.807) is 12.1 Å². The van der Waals surface area contributed by atoms with Gasteiger partial charge < -0.3 is 10.6 Å². The number of nitrogens with zero attached hydrogens (tertiary/aromatic N) is 2. The van der Waals surface area contributed by atoms with Crippen LogP contribution in [0.25, 0.3) is 0 Å². The highest BCUT2D eigenvalue weighted by Crippen LogP contribution is 2.15. The third kappa shape index (κ3) is 4.84. The number of hydrogen-bond donors (Lipinski definition) is 2. The molecule has 3 rings (SSSR count). The molecular weight excluding hydrogens is 319 g/mol. The first-order valence-corrected chi connectivity index (χ1v) is 7.87. The molecule has 1 amide bonds. The largest absolute Gasteiger partial charge is 0.350 e. The molecule has 0 radical (unpaired) electrons. The minimum absolute atomic E-state index is 0.252. The Labute approximate surface area is 145 Å². The average Bonchev–Trinajstić information content (AvgIpc) is 2.63. The second-order valence-corrected chi connectivity index (χ2v) is 5.42. The van der Waals surface area contributed by atoms with Crippen LogP contribution in [0.4, 0.5) is 15.9 Å². The molecule has 6 heteroatoms. The molecule has 0 unspecified atom stereocenters. The van der Waals surface area contributed by atoms with E-state index >= 15 is 0 Å². The van der Waals surface area contributed by atoms with E-state index in [-0.39, 0.29) is 17.4 Å². The van der Waals surface area contributed by atoms with Gasteiger partial charge in [0.25, 0.3) is 5.91 Å². The van der Waals surface area contributed by atoms with Crippen LogP contribution in [-0.2, 0) is 6.42 Å². The van der Waals surface area contributed by atoms with Gasteiger partial charge in [-0.1, -0.05) is 36.4 Å². The Morgan fingerprint density at radius 3 is 2.64 bits per heavy atom. The Hall–Kier alpha value is -3.28. The summed E-state index contributed by atoms with van der Waals surface area (Å²) in [5, 5.41) is 5.78. The molecule has 1 heterocycles. The number of halogens is 1. The number of carbonyl (C=O) groups excluding carboxylic acids is 1. The first-order chi connectivity index (χ1) is 12.2. The van der Waals surface area contributed by atoms with Crippen molar-refractivity contribution in [2.75, 3.05) is 11.9 Å². The molecule has 0 aliphatic rings. The van der Waals surface area contributed by atoms with Gasteiger partial charge in [0.05, 0.1) is 0 Å². The van der Waals surface area contributed by atoms with Crippen LogP contribution in [0.15, 0.2) is 67.0 Å². The van der Waals surface area contributed by atoms with Crippen LogP contribution in [0.3, 0.4) is 0 Å². The highest BCUT2D eigenvalue weighted by molar-refractivity contribution is 5.92. The fraction of sp³-hybridized carbons (Fsp3) is 0.105. The van der Waals surface area contributed by atoms with Gasteiger partial charge in [-0.2, -0.15) is 0 Å². The van der Waals surface area contributed by atoms with E-state index in [2.05, 4.69) is 20.6 Å². The Bertz CT molecular complexity index is 855. The first kappa shape index (κ1) is 16.6. The topological polar surface area (TPSA) is 66.9 Å². The van der Waals surface area contributed by atoms with Gasteiger partial charge in [-0.25, -0.2) is 14.4 Å². The van der Waals surface area contributed by atoms with Gasteiger partial charge >= 0.3 is 0 Å². The molecule has 2 N–H and O–H groups in total. The first-order valence-electron chi connectivity index (χ1n) is 7.87. The van der Waals surface area contributed by atoms with Crippen molar-refractivity contribution in [3.05, 3.63) is 84.1 Å². The maximum atomic E-state index is 13.2. The smallest absolute Gasteiger partial charge is 0.270 e. The highest BCUT2D eigenvalue weighted by atomic mass is 19.1.